The van der Waals surface area contributed by atoms with Crippen LogP contribution in [0.3, 0.4) is 0 Å². The number of benzene rings is 4. The van der Waals surface area contributed by atoms with E-state index in [4.69, 9.17) is 14.5 Å². The second-order valence-corrected chi connectivity index (χ2v) is 8.04. The Morgan fingerprint density at radius 1 is 0.706 bits per heavy atom. The Kier molecular flexibility index (Phi) is 4.92. The summed E-state index contributed by atoms with van der Waals surface area (Å²) in [6.07, 6.45) is 0. The van der Waals surface area contributed by atoms with Gasteiger partial charge < -0.3 is 14.8 Å². The molecule has 0 saturated carbocycles. The van der Waals surface area contributed by atoms with Crippen LogP contribution in [0, 0.1) is 0 Å². The lowest BCUT2D eigenvalue weighted by Gasteiger charge is -2.11. The molecule has 1 amide bonds. The van der Waals surface area contributed by atoms with E-state index in [1.165, 1.54) is 0 Å². The maximum Gasteiger partial charge on any atom is 0.256 e. The summed E-state index contributed by atoms with van der Waals surface area (Å²) >= 11 is 0. The summed E-state index contributed by atoms with van der Waals surface area (Å²) in [7, 11) is 0. The minimum absolute atomic E-state index is 0.189. The van der Waals surface area contributed by atoms with Crippen LogP contribution in [-0.4, -0.2) is 17.7 Å². The van der Waals surface area contributed by atoms with E-state index in [0.717, 1.165) is 33.3 Å². The fourth-order valence-corrected chi connectivity index (χ4v) is 4.15. The Bertz CT molecular complexity index is 1510. The van der Waals surface area contributed by atoms with Gasteiger partial charge in [-0.1, -0.05) is 72.8 Å². The number of nitrogens with one attached hydrogen (secondary N) is 1. The fourth-order valence-electron chi connectivity index (χ4n) is 4.15. The highest BCUT2D eigenvalue weighted by Crippen LogP contribution is 2.35. The summed E-state index contributed by atoms with van der Waals surface area (Å²) < 4.78 is 10.8. The highest BCUT2D eigenvalue weighted by molar-refractivity contribution is 6.13. The van der Waals surface area contributed by atoms with Crippen LogP contribution < -0.4 is 14.8 Å². The molecule has 164 valence electrons. The SMILES string of the molecule is O=C(Nc1ccc2c(c1)OCO2)c1cc(-c2ccc(-c3ccccc3)cc2)nc2ccccc12. The summed E-state index contributed by atoms with van der Waals surface area (Å²) in [4.78, 5) is 18.2. The standard InChI is InChI=1S/C29H20N2O3/c32-29(30-22-14-15-27-28(16-22)34-18-33-27)24-17-26(31-25-9-5-4-8-23(24)25)21-12-10-20(11-13-21)19-6-2-1-3-7-19/h1-17H,18H2,(H,30,32). The maximum atomic E-state index is 13.3. The van der Waals surface area contributed by atoms with Gasteiger partial charge in [-0.15, -0.1) is 0 Å². The molecule has 1 aliphatic heterocycles. The number of para-hydroxylation sites is 1. The van der Waals surface area contributed by atoms with Gasteiger partial charge in [0, 0.05) is 22.7 Å². The number of hydrogen-bond donors (Lipinski definition) is 1. The quantitative estimate of drug-likeness (QED) is 0.341. The predicted octanol–water partition coefficient (Wildman–Crippen LogP) is 6.55. The summed E-state index contributed by atoms with van der Waals surface area (Å²) in [6.45, 7) is 0.189. The molecule has 1 N–H and O–H groups in total. The number of rotatable bonds is 4. The van der Waals surface area contributed by atoms with E-state index in [9.17, 15) is 4.79 Å². The fraction of sp³-hybridized carbons (Fsp3) is 0.0345. The topological polar surface area (TPSA) is 60.5 Å². The van der Waals surface area contributed by atoms with Gasteiger partial charge in [-0.25, -0.2) is 4.98 Å². The Labute approximate surface area is 196 Å². The lowest BCUT2D eigenvalue weighted by molar-refractivity contribution is 0.102. The molecule has 34 heavy (non-hydrogen) atoms. The van der Waals surface area contributed by atoms with Gasteiger partial charge in [0.15, 0.2) is 11.5 Å². The van der Waals surface area contributed by atoms with Crippen molar-refractivity contribution in [1.29, 1.82) is 0 Å². The summed E-state index contributed by atoms with van der Waals surface area (Å²) in [5, 5.41) is 3.78. The summed E-state index contributed by atoms with van der Waals surface area (Å²) in [5.74, 6) is 1.09. The summed E-state index contributed by atoms with van der Waals surface area (Å²) in [5.41, 5.74) is 5.95. The number of carbonyl (C=O) groups is 1. The molecule has 0 radical (unpaired) electrons. The average molecular weight is 444 g/mol. The molecule has 5 nitrogen and oxygen atoms in total. The lowest BCUT2D eigenvalue weighted by Crippen LogP contribution is -2.13. The largest absolute Gasteiger partial charge is 0.454 e. The van der Waals surface area contributed by atoms with Crippen LogP contribution in [0.25, 0.3) is 33.3 Å². The Morgan fingerprint density at radius 2 is 1.41 bits per heavy atom. The van der Waals surface area contributed by atoms with E-state index in [2.05, 4.69) is 29.6 Å². The van der Waals surface area contributed by atoms with Crippen molar-refractivity contribution < 1.29 is 14.3 Å². The molecule has 0 aliphatic carbocycles. The molecule has 2 heterocycles. The number of anilines is 1. The van der Waals surface area contributed by atoms with Gasteiger partial charge in [0.25, 0.3) is 5.91 Å². The molecule has 0 unspecified atom stereocenters. The van der Waals surface area contributed by atoms with Crippen molar-refractivity contribution in [1.82, 2.24) is 4.98 Å². The monoisotopic (exact) mass is 444 g/mol. The first-order valence-electron chi connectivity index (χ1n) is 11.0. The first-order chi connectivity index (χ1) is 16.7. The van der Waals surface area contributed by atoms with Gasteiger partial charge in [-0.3, -0.25) is 4.79 Å². The molecule has 0 spiro atoms. The van der Waals surface area contributed by atoms with Gasteiger partial charge in [-0.2, -0.15) is 0 Å². The van der Waals surface area contributed by atoms with Gasteiger partial charge >= 0.3 is 0 Å². The van der Waals surface area contributed by atoms with Gasteiger partial charge in [0.05, 0.1) is 16.8 Å². The van der Waals surface area contributed by atoms with Crippen molar-refractivity contribution in [2.24, 2.45) is 0 Å². The molecule has 5 aromatic rings. The second-order valence-electron chi connectivity index (χ2n) is 8.04. The number of nitrogens with zero attached hydrogens (tertiary/aromatic N) is 1. The Hall–Kier alpha value is -4.64. The molecule has 0 bridgehead atoms. The third-order valence-electron chi connectivity index (χ3n) is 5.88. The average Bonchev–Trinajstić information content (AvgIpc) is 3.36. The smallest absolute Gasteiger partial charge is 0.256 e. The van der Waals surface area contributed by atoms with Crippen LogP contribution in [0.4, 0.5) is 5.69 Å². The number of ether oxygens (including phenoxy) is 2. The third-order valence-corrected chi connectivity index (χ3v) is 5.88. The number of aromatic nitrogens is 1. The van der Waals surface area contributed by atoms with Crippen LogP contribution >= 0.6 is 0 Å². The van der Waals surface area contributed by atoms with E-state index in [-0.39, 0.29) is 12.7 Å². The first kappa shape index (κ1) is 20.0. The van der Waals surface area contributed by atoms with E-state index in [1.54, 1.807) is 18.2 Å². The zero-order valence-electron chi connectivity index (χ0n) is 18.2. The van der Waals surface area contributed by atoms with E-state index >= 15 is 0 Å². The highest BCUT2D eigenvalue weighted by Gasteiger charge is 2.17. The van der Waals surface area contributed by atoms with Crippen molar-refractivity contribution in [2.75, 3.05) is 12.1 Å². The van der Waals surface area contributed by atoms with Crippen molar-refractivity contribution in [3.63, 3.8) is 0 Å². The molecule has 0 fully saturated rings. The molecular weight excluding hydrogens is 424 g/mol. The minimum Gasteiger partial charge on any atom is -0.454 e. The predicted molar refractivity (Wildman–Crippen MR) is 133 cm³/mol. The zero-order chi connectivity index (χ0) is 22.9. The molecule has 1 aromatic heterocycles. The second kappa shape index (κ2) is 8.37. The lowest BCUT2D eigenvalue weighted by atomic mass is 10.0. The molecule has 1 aliphatic rings. The molecule has 0 atom stereocenters. The third kappa shape index (κ3) is 3.73. The number of fused-ring (bicyclic) bond motifs is 2. The van der Waals surface area contributed by atoms with Crippen molar-refractivity contribution in [3.05, 3.63) is 109 Å². The van der Waals surface area contributed by atoms with E-state index in [0.29, 0.717) is 22.7 Å². The van der Waals surface area contributed by atoms with E-state index in [1.807, 2.05) is 60.7 Å². The van der Waals surface area contributed by atoms with Crippen LogP contribution in [0.15, 0.2) is 103 Å². The number of carbonyl (C=O) groups excluding carboxylic acids is 1. The van der Waals surface area contributed by atoms with Crippen LogP contribution in [-0.2, 0) is 0 Å². The highest BCUT2D eigenvalue weighted by atomic mass is 16.7. The van der Waals surface area contributed by atoms with Crippen LogP contribution in [0.2, 0.25) is 0 Å². The first-order valence-corrected chi connectivity index (χ1v) is 11.0. The van der Waals surface area contributed by atoms with Crippen LogP contribution in [0.1, 0.15) is 10.4 Å². The van der Waals surface area contributed by atoms with Crippen molar-refractivity contribution >= 4 is 22.5 Å². The molecule has 5 heteroatoms. The maximum absolute atomic E-state index is 13.3. The van der Waals surface area contributed by atoms with Crippen molar-refractivity contribution in [2.45, 2.75) is 0 Å². The Morgan fingerprint density at radius 3 is 2.26 bits per heavy atom. The van der Waals surface area contributed by atoms with Crippen LogP contribution in [0.5, 0.6) is 11.5 Å². The molecule has 0 saturated heterocycles. The minimum atomic E-state index is -0.209. The number of pyridine rings is 1. The van der Waals surface area contributed by atoms with Gasteiger partial charge in [-0.05, 0) is 35.4 Å². The Balaban J connectivity index is 1.36. The van der Waals surface area contributed by atoms with Gasteiger partial charge in [0.1, 0.15) is 0 Å². The number of amides is 1. The summed E-state index contributed by atoms with van der Waals surface area (Å²) in [6, 6.07) is 33.4. The zero-order valence-corrected chi connectivity index (χ0v) is 18.2. The molecular formula is C29H20N2O3. The van der Waals surface area contributed by atoms with Gasteiger partial charge in [0.2, 0.25) is 6.79 Å². The normalized spacial score (nSPS) is 12.0. The van der Waals surface area contributed by atoms with Crippen molar-refractivity contribution in [3.8, 4) is 33.9 Å². The van der Waals surface area contributed by atoms with E-state index < -0.39 is 0 Å². The molecule has 4 aromatic carbocycles. The molecule has 6 rings (SSSR count). The number of hydrogen-bond acceptors (Lipinski definition) is 4.